The van der Waals surface area contributed by atoms with E-state index < -0.39 is 0 Å². The molecule has 3 heteroatoms. The number of rotatable bonds is 3. The standard InChI is InChI=1S/C14H18O2S/c1-10(15)13-9-12(3-4-14(13)16-2)11-5-7-17-8-6-11/h3-4,9,11H,5-8H2,1-2H3. The van der Waals surface area contributed by atoms with E-state index in [1.807, 2.05) is 23.9 Å². The molecule has 0 saturated carbocycles. The number of hydrogen-bond donors (Lipinski definition) is 0. The molecule has 1 aromatic rings. The average molecular weight is 250 g/mol. The molecule has 1 saturated heterocycles. The lowest BCUT2D eigenvalue weighted by Crippen LogP contribution is -2.09. The van der Waals surface area contributed by atoms with Gasteiger partial charge in [-0.25, -0.2) is 0 Å². The van der Waals surface area contributed by atoms with E-state index in [9.17, 15) is 4.79 Å². The van der Waals surface area contributed by atoms with Crippen LogP contribution in [0.3, 0.4) is 0 Å². The number of thioether (sulfide) groups is 1. The Labute approximate surface area is 107 Å². The van der Waals surface area contributed by atoms with Crippen molar-refractivity contribution in [3.63, 3.8) is 0 Å². The van der Waals surface area contributed by atoms with E-state index in [1.165, 1.54) is 29.9 Å². The van der Waals surface area contributed by atoms with E-state index in [0.29, 0.717) is 17.2 Å². The van der Waals surface area contributed by atoms with E-state index in [-0.39, 0.29) is 5.78 Å². The van der Waals surface area contributed by atoms with Crippen LogP contribution >= 0.6 is 11.8 Å². The molecule has 0 spiro atoms. The molecule has 17 heavy (non-hydrogen) atoms. The van der Waals surface area contributed by atoms with Crippen LogP contribution in [0.2, 0.25) is 0 Å². The molecule has 0 N–H and O–H groups in total. The second kappa shape index (κ2) is 5.58. The van der Waals surface area contributed by atoms with Crippen molar-refractivity contribution in [1.29, 1.82) is 0 Å². The predicted molar refractivity (Wildman–Crippen MR) is 72.3 cm³/mol. The molecule has 0 bridgehead atoms. The van der Waals surface area contributed by atoms with Crippen molar-refractivity contribution in [3.8, 4) is 5.75 Å². The van der Waals surface area contributed by atoms with Gasteiger partial charge in [-0.1, -0.05) is 6.07 Å². The monoisotopic (exact) mass is 250 g/mol. The average Bonchev–Trinajstić information content (AvgIpc) is 2.39. The largest absolute Gasteiger partial charge is 0.496 e. The van der Waals surface area contributed by atoms with E-state index in [2.05, 4.69) is 6.07 Å². The van der Waals surface area contributed by atoms with Crippen molar-refractivity contribution in [2.75, 3.05) is 18.6 Å². The lowest BCUT2D eigenvalue weighted by atomic mass is 9.91. The number of benzene rings is 1. The van der Waals surface area contributed by atoms with Crippen molar-refractivity contribution >= 4 is 17.5 Å². The first-order valence-corrected chi connectivity index (χ1v) is 7.14. The van der Waals surface area contributed by atoms with Crippen LogP contribution in [0, 0.1) is 0 Å². The molecule has 0 aliphatic carbocycles. The van der Waals surface area contributed by atoms with Crippen LogP contribution in [0.1, 0.15) is 41.6 Å². The fourth-order valence-electron chi connectivity index (χ4n) is 2.29. The fourth-order valence-corrected chi connectivity index (χ4v) is 3.39. The summed E-state index contributed by atoms with van der Waals surface area (Å²) in [6, 6.07) is 6.04. The van der Waals surface area contributed by atoms with Crippen molar-refractivity contribution < 1.29 is 9.53 Å². The van der Waals surface area contributed by atoms with Crippen molar-refractivity contribution in [1.82, 2.24) is 0 Å². The number of carbonyl (C=O) groups excluding carboxylic acids is 1. The van der Waals surface area contributed by atoms with Gasteiger partial charge in [-0.05, 0) is 54.9 Å². The Bertz CT molecular complexity index is 409. The molecule has 1 heterocycles. The van der Waals surface area contributed by atoms with Gasteiger partial charge in [0.2, 0.25) is 0 Å². The van der Waals surface area contributed by atoms with Crippen LogP contribution in [0.5, 0.6) is 5.75 Å². The fraction of sp³-hybridized carbons (Fsp3) is 0.500. The minimum absolute atomic E-state index is 0.0777. The maximum atomic E-state index is 11.6. The number of ketones is 1. The minimum Gasteiger partial charge on any atom is -0.496 e. The first-order valence-electron chi connectivity index (χ1n) is 5.99. The SMILES string of the molecule is COc1ccc(C2CCSCC2)cc1C(C)=O. The summed E-state index contributed by atoms with van der Waals surface area (Å²) >= 11 is 2.02. The maximum Gasteiger partial charge on any atom is 0.163 e. The predicted octanol–water partition coefficient (Wildman–Crippen LogP) is 3.51. The van der Waals surface area contributed by atoms with Gasteiger partial charge in [-0.2, -0.15) is 11.8 Å². The van der Waals surface area contributed by atoms with Gasteiger partial charge >= 0.3 is 0 Å². The highest BCUT2D eigenvalue weighted by molar-refractivity contribution is 7.99. The van der Waals surface area contributed by atoms with Crippen LogP contribution in [0.25, 0.3) is 0 Å². The first-order chi connectivity index (χ1) is 8.22. The third-order valence-electron chi connectivity index (χ3n) is 3.30. The van der Waals surface area contributed by atoms with Crippen LogP contribution in [-0.4, -0.2) is 24.4 Å². The number of carbonyl (C=O) groups is 1. The molecule has 2 rings (SSSR count). The molecule has 1 aliphatic rings. The second-order valence-electron chi connectivity index (χ2n) is 4.40. The lowest BCUT2D eigenvalue weighted by Gasteiger charge is -2.22. The molecule has 1 aliphatic heterocycles. The smallest absolute Gasteiger partial charge is 0.163 e. The van der Waals surface area contributed by atoms with Gasteiger partial charge in [0.1, 0.15) is 5.75 Å². The quantitative estimate of drug-likeness (QED) is 0.768. The van der Waals surface area contributed by atoms with Gasteiger partial charge in [-0.3, -0.25) is 4.79 Å². The Morgan fingerprint density at radius 3 is 2.65 bits per heavy atom. The van der Waals surface area contributed by atoms with E-state index in [4.69, 9.17) is 4.74 Å². The Kier molecular flexibility index (Phi) is 4.11. The third-order valence-corrected chi connectivity index (χ3v) is 4.34. The Morgan fingerprint density at radius 2 is 2.06 bits per heavy atom. The molecular formula is C14H18O2S. The Morgan fingerprint density at radius 1 is 1.35 bits per heavy atom. The zero-order valence-corrected chi connectivity index (χ0v) is 11.2. The van der Waals surface area contributed by atoms with Gasteiger partial charge < -0.3 is 4.74 Å². The molecule has 0 radical (unpaired) electrons. The highest BCUT2D eigenvalue weighted by Gasteiger charge is 2.18. The van der Waals surface area contributed by atoms with Gasteiger partial charge in [0.05, 0.1) is 12.7 Å². The zero-order valence-electron chi connectivity index (χ0n) is 10.4. The van der Waals surface area contributed by atoms with E-state index >= 15 is 0 Å². The van der Waals surface area contributed by atoms with Crippen LogP contribution in [0.4, 0.5) is 0 Å². The van der Waals surface area contributed by atoms with Gasteiger partial charge in [0, 0.05) is 0 Å². The topological polar surface area (TPSA) is 26.3 Å². The molecule has 92 valence electrons. The van der Waals surface area contributed by atoms with Crippen LogP contribution in [-0.2, 0) is 0 Å². The summed E-state index contributed by atoms with van der Waals surface area (Å²) in [7, 11) is 1.61. The summed E-state index contributed by atoms with van der Waals surface area (Å²) in [6.45, 7) is 1.60. The molecule has 0 unspecified atom stereocenters. The van der Waals surface area contributed by atoms with Gasteiger partial charge in [0.15, 0.2) is 5.78 Å². The second-order valence-corrected chi connectivity index (χ2v) is 5.63. The summed E-state index contributed by atoms with van der Waals surface area (Å²) in [5.41, 5.74) is 2.00. The molecular weight excluding hydrogens is 232 g/mol. The van der Waals surface area contributed by atoms with Crippen molar-refractivity contribution in [2.45, 2.75) is 25.7 Å². The number of ether oxygens (including phenoxy) is 1. The first kappa shape index (κ1) is 12.5. The summed E-state index contributed by atoms with van der Waals surface area (Å²) in [6.07, 6.45) is 2.43. The summed E-state index contributed by atoms with van der Waals surface area (Å²) in [4.78, 5) is 11.6. The summed E-state index contributed by atoms with van der Waals surface area (Å²) in [5.74, 6) is 3.83. The normalized spacial score (nSPS) is 16.8. The summed E-state index contributed by atoms with van der Waals surface area (Å²) in [5, 5.41) is 0. The van der Waals surface area contributed by atoms with Crippen LogP contribution in [0.15, 0.2) is 18.2 Å². The zero-order chi connectivity index (χ0) is 12.3. The Balaban J connectivity index is 2.29. The molecule has 0 amide bonds. The minimum atomic E-state index is 0.0777. The van der Waals surface area contributed by atoms with E-state index in [0.717, 1.165) is 0 Å². The molecule has 0 aromatic heterocycles. The molecule has 1 aromatic carbocycles. The van der Waals surface area contributed by atoms with Crippen molar-refractivity contribution in [3.05, 3.63) is 29.3 Å². The number of Topliss-reactive ketones (excluding diaryl/α,β-unsaturated/α-hetero) is 1. The maximum absolute atomic E-state index is 11.6. The van der Waals surface area contributed by atoms with Crippen molar-refractivity contribution in [2.24, 2.45) is 0 Å². The number of hydrogen-bond acceptors (Lipinski definition) is 3. The Hall–Kier alpha value is -0.960. The highest BCUT2D eigenvalue weighted by atomic mass is 32.2. The van der Waals surface area contributed by atoms with Gasteiger partial charge in [-0.15, -0.1) is 0 Å². The van der Waals surface area contributed by atoms with Crippen LogP contribution < -0.4 is 4.74 Å². The summed E-state index contributed by atoms with van der Waals surface area (Å²) < 4.78 is 5.22. The molecule has 0 atom stereocenters. The highest BCUT2D eigenvalue weighted by Crippen LogP contribution is 2.33. The lowest BCUT2D eigenvalue weighted by molar-refractivity contribution is 0.101. The molecule has 2 nitrogen and oxygen atoms in total. The molecule has 1 fully saturated rings. The third kappa shape index (κ3) is 2.83. The van der Waals surface area contributed by atoms with Gasteiger partial charge in [0.25, 0.3) is 0 Å². The van der Waals surface area contributed by atoms with E-state index in [1.54, 1.807) is 14.0 Å². The number of methoxy groups -OCH3 is 1.